The number of aromatic hydroxyl groups is 1. The summed E-state index contributed by atoms with van der Waals surface area (Å²) in [6.07, 6.45) is 4.91. The highest BCUT2D eigenvalue weighted by atomic mass is 16.5. The van der Waals surface area contributed by atoms with E-state index in [1.807, 2.05) is 13.0 Å². The van der Waals surface area contributed by atoms with Gasteiger partial charge in [-0.15, -0.1) is 10.2 Å². The monoisotopic (exact) mass is 362 g/mol. The van der Waals surface area contributed by atoms with Gasteiger partial charge in [0.2, 0.25) is 0 Å². The van der Waals surface area contributed by atoms with Gasteiger partial charge in [-0.2, -0.15) is 5.21 Å². The Morgan fingerprint density at radius 1 is 1.08 bits per heavy atom. The van der Waals surface area contributed by atoms with E-state index in [-0.39, 0.29) is 11.2 Å². The van der Waals surface area contributed by atoms with Crippen LogP contribution in [0.5, 0.6) is 17.2 Å². The van der Waals surface area contributed by atoms with Crippen LogP contribution in [-0.4, -0.2) is 38.9 Å². The van der Waals surface area contributed by atoms with Crippen LogP contribution in [-0.2, 0) is 11.8 Å². The first kappa shape index (κ1) is 20.0. The molecular formula is C19H30N4O3. The number of phenols is 1. The van der Waals surface area contributed by atoms with E-state index in [2.05, 4.69) is 41.4 Å². The molecule has 7 heteroatoms. The van der Waals surface area contributed by atoms with Gasteiger partial charge in [-0.1, -0.05) is 38.8 Å². The van der Waals surface area contributed by atoms with E-state index < -0.39 is 0 Å². The van der Waals surface area contributed by atoms with Gasteiger partial charge < -0.3 is 14.6 Å². The normalized spacial score (nSPS) is 11.5. The van der Waals surface area contributed by atoms with E-state index in [4.69, 9.17) is 9.47 Å². The molecule has 144 valence electrons. The van der Waals surface area contributed by atoms with E-state index in [0.717, 1.165) is 49.2 Å². The topological polar surface area (TPSA) is 93.2 Å². The molecule has 0 atom stereocenters. The van der Waals surface area contributed by atoms with Gasteiger partial charge in [-0.05, 0) is 37.8 Å². The SMILES string of the molecule is CCOc1cc(CC)c(OCCCCCC(C)(C)c2nn[nH]n2)cc1O. The van der Waals surface area contributed by atoms with Gasteiger partial charge in [-0.25, -0.2) is 0 Å². The minimum Gasteiger partial charge on any atom is -0.504 e. The van der Waals surface area contributed by atoms with E-state index in [1.165, 1.54) is 0 Å². The van der Waals surface area contributed by atoms with Crippen molar-refractivity contribution < 1.29 is 14.6 Å². The molecule has 1 aromatic heterocycles. The molecule has 26 heavy (non-hydrogen) atoms. The quantitative estimate of drug-likeness (QED) is 0.591. The molecule has 0 aliphatic carbocycles. The fourth-order valence-corrected chi connectivity index (χ4v) is 2.86. The number of hydrogen-bond donors (Lipinski definition) is 2. The van der Waals surface area contributed by atoms with Crippen molar-refractivity contribution in [2.75, 3.05) is 13.2 Å². The Balaban J connectivity index is 1.77. The summed E-state index contributed by atoms with van der Waals surface area (Å²) >= 11 is 0. The second-order valence-corrected chi connectivity index (χ2v) is 6.99. The number of unbranched alkanes of at least 4 members (excludes halogenated alkanes) is 2. The number of nitrogens with zero attached hydrogens (tertiary/aromatic N) is 3. The second-order valence-electron chi connectivity index (χ2n) is 6.99. The summed E-state index contributed by atoms with van der Waals surface area (Å²) in [4.78, 5) is 0. The van der Waals surface area contributed by atoms with Crippen LogP contribution in [0.25, 0.3) is 0 Å². The third-order valence-corrected chi connectivity index (χ3v) is 4.48. The first-order valence-corrected chi connectivity index (χ1v) is 9.33. The predicted molar refractivity (Wildman–Crippen MR) is 99.8 cm³/mol. The molecule has 1 aromatic carbocycles. The van der Waals surface area contributed by atoms with Crippen molar-refractivity contribution in [3.8, 4) is 17.2 Å². The van der Waals surface area contributed by atoms with Gasteiger partial charge in [0.15, 0.2) is 17.3 Å². The number of phenolic OH excluding ortho intramolecular Hbond substituents is 1. The summed E-state index contributed by atoms with van der Waals surface area (Å²) < 4.78 is 11.3. The molecule has 0 amide bonds. The van der Waals surface area contributed by atoms with Crippen molar-refractivity contribution in [2.24, 2.45) is 0 Å². The van der Waals surface area contributed by atoms with Crippen molar-refractivity contribution in [2.45, 2.75) is 65.2 Å². The molecule has 0 radical (unpaired) electrons. The molecule has 0 fully saturated rings. The molecule has 0 spiro atoms. The lowest BCUT2D eigenvalue weighted by molar-refractivity contribution is 0.290. The summed E-state index contributed by atoms with van der Waals surface area (Å²) in [5.41, 5.74) is 0.967. The lowest BCUT2D eigenvalue weighted by Crippen LogP contribution is -2.19. The van der Waals surface area contributed by atoms with Crippen LogP contribution in [0.1, 0.15) is 64.8 Å². The van der Waals surface area contributed by atoms with Crippen molar-refractivity contribution >= 4 is 0 Å². The molecule has 2 rings (SSSR count). The highest BCUT2D eigenvalue weighted by molar-refractivity contribution is 5.49. The summed E-state index contributed by atoms with van der Waals surface area (Å²) in [6.45, 7) is 9.37. The van der Waals surface area contributed by atoms with Crippen molar-refractivity contribution in [1.29, 1.82) is 0 Å². The molecule has 0 unspecified atom stereocenters. The molecule has 7 nitrogen and oxygen atoms in total. The molecule has 0 saturated heterocycles. The van der Waals surface area contributed by atoms with E-state index in [9.17, 15) is 5.11 Å². The van der Waals surface area contributed by atoms with Crippen LogP contribution in [0.4, 0.5) is 0 Å². The van der Waals surface area contributed by atoms with Crippen LogP contribution in [0.3, 0.4) is 0 Å². The predicted octanol–water partition coefficient (Wildman–Crippen LogP) is 3.78. The maximum Gasteiger partial charge on any atom is 0.180 e. The Morgan fingerprint density at radius 3 is 2.54 bits per heavy atom. The highest BCUT2D eigenvalue weighted by Gasteiger charge is 2.24. The zero-order valence-corrected chi connectivity index (χ0v) is 16.2. The van der Waals surface area contributed by atoms with Gasteiger partial charge in [0.1, 0.15) is 5.75 Å². The number of hydrogen-bond acceptors (Lipinski definition) is 6. The van der Waals surface area contributed by atoms with Gasteiger partial charge in [0.25, 0.3) is 0 Å². The van der Waals surface area contributed by atoms with Gasteiger partial charge >= 0.3 is 0 Å². The zero-order chi connectivity index (χ0) is 19.0. The molecule has 2 N–H and O–H groups in total. The molecular weight excluding hydrogens is 332 g/mol. The third-order valence-electron chi connectivity index (χ3n) is 4.48. The maximum absolute atomic E-state index is 10.0. The smallest absolute Gasteiger partial charge is 0.180 e. The minimum atomic E-state index is -0.0792. The van der Waals surface area contributed by atoms with Crippen LogP contribution in [0.2, 0.25) is 0 Å². The summed E-state index contributed by atoms with van der Waals surface area (Å²) in [7, 11) is 0. The van der Waals surface area contributed by atoms with Crippen LogP contribution >= 0.6 is 0 Å². The molecule has 0 saturated carbocycles. The minimum absolute atomic E-state index is 0.0792. The zero-order valence-electron chi connectivity index (χ0n) is 16.2. The third kappa shape index (κ3) is 5.34. The van der Waals surface area contributed by atoms with Gasteiger partial charge in [-0.3, -0.25) is 0 Å². The lowest BCUT2D eigenvalue weighted by Gasteiger charge is -2.20. The number of nitrogens with one attached hydrogen (secondary N) is 1. The number of benzene rings is 1. The molecule has 1 heterocycles. The fourth-order valence-electron chi connectivity index (χ4n) is 2.86. The Morgan fingerprint density at radius 2 is 1.88 bits per heavy atom. The van der Waals surface area contributed by atoms with E-state index in [1.54, 1.807) is 6.07 Å². The first-order chi connectivity index (χ1) is 12.5. The van der Waals surface area contributed by atoms with Gasteiger partial charge in [0, 0.05) is 11.5 Å². The van der Waals surface area contributed by atoms with Crippen molar-refractivity contribution in [3.63, 3.8) is 0 Å². The number of ether oxygens (including phenoxy) is 2. The fraction of sp³-hybridized carbons (Fsp3) is 0.632. The van der Waals surface area contributed by atoms with Crippen LogP contribution in [0.15, 0.2) is 12.1 Å². The standard InChI is InChI=1S/C19H30N4O3/c1-5-14-12-17(25-6-2)15(24)13-16(14)26-11-9-7-8-10-19(3,4)18-20-22-23-21-18/h12-13,24H,5-11H2,1-4H3,(H,20,21,22,23). The number of rotatable bonds is 11. The number of aromatic nitrogens is 4. The average molecular weight is 362 g/mol. The lowest BCUT2D eigenvalue weighted by atomic mass is 9.86. The molecule has 0 aliphatic rings. The van der Waals surface area contributed by atoms with Crippen molar-refractivity contribution in [1.82, 2.24) is 20.6 Å². The Kier molecular flexibility index (Phi) is 7.24. The largest absolute Gasteiger partial charge is 0.504 e. The Hall–Kier alpha value is -2.31. The van der Waals surface area contributed by atoms with E-state index in [0.29, 0.717) is 19.0 Å². The molecule has 2 aromatic rings. The average Bonchev–Trinajstić information content (AvgIpc) is 3.15. The number of H-pyrrole nitrogens is 1. The maximum atomic E-state index is 10.0. The number of tetrazole rings is 1. The Bertz CT molecular complexity index is 672. The Labute approximate surface area is 155 Å². The number of aryl methyl sites for hydroxylation is 1. The second kappa shape index (κ2) is 9.40. The van der Waals surface area contributed by atoms with Crippen LogP contribution < -0.4 is 9.47 Å². The van der Waals surface area contributed by atoms with E-state index >= 15 is 0 Å². The summed E-state index contributed by atoms with van der Waals surface area (Å²) in [5.74, 6) is 2.13. The van der Waals surface area contributed by atoms with Crippen LogP contribution in [0, 0.1) is 0 Å². The molecule has 0 bridgehead atoms. The first-order valence-electron chi connectivity index (χ1n) is 9.33. The molecule has 0 aliphatic heterocycles. The highest BCUT2D eigenvalue weighted by Crippen LogP contribution is 2.34. The van der Waals surface area contributed by atoms with Gasteiger partial charge in [0.05, 0.1) is 13.2 Å². The summed E-state index contributed by atoms with van der Waals surface area (Å²) in [5, 5.41) is 24.4. The summed E-state index contributed by atoms with van der Waals surface area (Å²) in [6, 6.07) is 3.52. The van der Waals surface area contributed by atoms with Crippen molar-refractivity contribution in [3.05, 3.63) is 23.5 Å². The number of aromatic amines is 1.